The van der Waals surface area contributed by atoms with E-state index in [1.807, 2.05) is 42.5 Å². The molecule has 0 radical (unpaired) electrons. The molecule has 0 unspecified atom stereocenters. The number of hydrogen-bond acceptors (Lipinski definition) is 4. The average molecular weight is 337 g/mol. The molecule has 1 aromatic heterocycles. The van der Waals surface area contributed by atoms with Gasteiger partial charge in [0.2, 0.25) is 5.76 Å². The quantitative estimate of drug-likeness (QED) is 0.796. The van der Waals surface area contributed by atoms with Crippen molar-refractivity contribution in [2.45, 2.75) is 12.5 Å². The second-order valence-corrected chi connectivity index (χ2v) is 6.23. The number of carbonyl (C=O) groups excluding carboxylic acids is 1. The van der Waals surface area contributed by atoms with Gasteiger partial charge in [0.15, 0.2) is 0 Å². The summed E-state index contributed by atoms with van der Waals surface area (Å²) in [6, 6.07) is 15.3. The van der Waals surface area contributed by atoms with Crippen molar-refractivity contribution in [3.05, 3.63) is 54.3 Å². The van der Waals surface area contributed by atoms with Gasteiger partial charge in [0, 0.05) is 30.1 Å². The summed E-state index contributed by atoms with van der Waals surface area (Å²) in [7, 11) is 1.60. The van der Waals surface area contributed by atoms with Gasteiger partial charge < -0.3 is 19.2 Å². The van der Waals surface area contributed by atoms with Crippen molar-refractivity contribution in [1.82, 2.24) is 4.90 Å². The third-order valence-electron chi connectivity index (χ3n) is 4.60. The van der Waals surface area contributed by atoms with Crippen molar-refractivity contribution in [3.8, 4) is 16.9 Å². The molecule has 1 aliphatic rings. The molecule has 25 heavy (non-hydrogen) atoms. The number of benzene rings is 2. The van der Waals surface area contributed by atoms with Crippen LogP contribution in [0.2, 0.25) is 0 Å². The Hall–Kier alpha value is -2.79. The Labute approximate surface area is 145 Å². The minimum Gasteiger partial charge on any atom is -0.497 e. The number of aliphatic hydroxyl groups is 1. The third-order valence-corrected chi connectivity index (χ3v) is 4.60. The van der Waals surface area contributed by atoms with E-state index in [4.69, 9.17) is 9.15 Å². The highest BCUT2D eigenvalue weighted by atomic mass is 16.5. The zero-order valence-electron chi connectivity index (χ0n) is 13.9. The van der Waals surface area contributed by atoms with Gasteiger partial charge in [-0.2, -0.15) is 0 Å². The lowest BCUT2D eigenvalue weighted by molar-refractivity contribution is 0.0737. The topological polar surface area (TPSA) is 62.9 Å². The van der Waals surface area contributed by atoms with Crippen LogP contribution in [-0.2, 0) is 0 Å². The number of nitrogens with zero attached hydrogens (tertiary/aromatic N) is 1. The summed E-state index contributed by atoms with van der Waals surface area (Å²) in [6.45, 7) is 0.877. The minimum atomic E-state index is -0.464. The number of rotatable bonds is 3. The SMILES string of the molecule is COc1ccc2c(-c3ccccc3)c(C(=O)N3CC[C@@H](O)C3)oc2c1. The third kappa shape index (κ3) is 2.76. The monoisotopic (exact) mass is 337 g/mol. The van der Waals surface area contributed by atoms with Gasteiger partial charge in [-0.15, -0.1) is 0 Å². The van der Waals surface area contributed by atoms with Crippen molar-refractivity contribution in [2.75, 3.05) is 20.2 Å². The van der Waals surface area contributed by atoms with E-state index < -0.39 is 6.10 Å². The van der Waals surface area contributed by atoms with Gasteiger partial charge in [0.25, 0.3) is 5.91 Å². The van der Waals surface area contributed by atoms with Crippen LogP contribution in [0.3, 0.4) is 0 Å². The smallest absolute Gasteiger partial charge is 0.290 e. The van der Waals surface area contributed by atoms with Crippen molar-refractivity contribution in [3.63, 3.8) is 0 Å². The first-order valence-electron chi connectivity index (χ1n) is 8.30. The lowest BCUT2D eigenvalue weighted by Gasteiger charge is -2.14. The molecule has 2 aromatic carbocycles. The molecule has 5 heteroatoms. The first kappa shape index (κ1) is 15.7. The van der Waals surface area contributed by atoms with Crippen molar-refractivity contribution in [2.24, 2.45) is 0 Å². The molecular weight excluding hydrogens is 318 g/mol. The second-order valence-electron chi connectivity index (χ2n) is 6.23. The normalized spacial score (nSPS) is 17.2. The number of likely N-dealkylation sites (tertiary alicyclic amines) is 1. The van der Waals surface area contributed by atoms with Crippen LogP contribution in [0.15, 0.2) is 52.9 Å². The van der Waals surface area contributed by atoms with Crippen molar-refractivity contribution in [1.29, 1.82) is 0 Å². The van der Waals surface area contributed by atoms with E-state index in [2.05, 4.69) is 0 Å². The number of methoxy groups -OCH3 is 1. The fraction of sp³-hybridized carbons (Fsp3) is 0.250. The summed E-state index contributed by atoms with van der Waals surface area (Å²) in [4.78, 5) is 14.6. The maximum absolute atomic E-state index is 13.0. The highest BCUT2D eigenvalue weighted by Crippen LogP contribution is 2.37. The molecule has 0 saturated carbocycles. The van der Waals surface area contributed by atoms with Gasteiger partial charge in [0.05, 0.1) is 13.2 Å². The molecular formula is C20H19NO4. The zero-order chi connectivity index (χ0) is 17.4. The average Bonchev–Trinajstić information content (AvgIpc) is 3.24. The predicted octanol–water partition coefficient (Wildman–Crippen LogP) is 3.32. The number of aliphatic hydroxyl groups excluding tert-OH is 1. The Morgan fingerprint density at radius 1 is 1.24 bits per heavy atom. The number of furan rings is 1. The van der Waals surface area contributed by atoms with E-state index in [9.17, 15) is 9.90 Å². The van der Waals surface area contributed by atoms with E-state index >= 15 is 0 Å². The van der Waals surface area contributed by atoms with Crippen molar-refractivity contribution < 1.29 is 19.1 Å². The minimum absolute atomic E-state index is 0.189. The second kappa shape index (κ2) is 6.26. The maximum atomic E-state index is 13.0. The van der Waals surface area contributed by atoms with Gasteiger partial charge in [0.1, 0.15) is 11.3 Å². The predicted molar refractivity (Wildman–Crippen MR) is 94.7 cm³/mol. The standard InChI is InChI=1S/C20H19NO4/c1-24-15-7-8-16-17(11-15)25-19(18(16)13-5-3-2-4-6-13)20(23)21-10-9-14(22)12-21/h2-8,11,14,22H,9-10,12H2,1H3/t14-/m1/s1. The van der Waals surface area contributed by atoms with E-state index in [1.54, 1.807) is 18.1 Å². The molecule has 0 aliphatic carbocycles. The Kier molecular flexibility index (Phi) is 3.93. The molecule has 1 aliphatic heterocycles. The van der Waals surface area contributed by atoms with E-state index in [0.29, 0.717) is 36.6 Å². The van der Waals surface area contributed by atoms with Crippen LogP contribution in [0.1, 0.15) is 17.0 Å². The van der Waals surface area contributed by atoms with Crippen LogP contribution < -0.4 is 4.74 Å². The Morgan fingerprint density at radius 2 is 2.04 bits per heavy atom. The van der Waals surface area contributed by atoms with Gasteiger partial charge in [-0.25, -0.2) is 0 Å². The summed E-state index contributed by atoms with van der Waals surface area (Å²) in [6.07, 6.45) is 0.133. The molecule has 1 saturated heterocycles. The Balaban J connectivity index is 1.88. The molecule has 3 aromatic rings. The summed E-state index contributed by atoms with van der Waals surface area (Å²) in [5.41, 5.74) is 2.32. The largest absolute Gasteiger partial charge is 0.497 e. The van der Waals surface area contributed by atoms with E-state index in [0.717, 1.165) is 16.5 Å². The fourth-order valence-electron chi connectivity index (χ4n) is 3.32. The number of hydrogen-bond donors (Lipinski definition) is 1. The summed E-state index contributed by atoms with van der Waals surface area (Å²) < 4.78 is 11.2. The molecule has 1 amide bonds. The molecule has 0 spiro atoms. The first-order valence-corrected chi connectivity index (χ1v) is 8.30. The highest BCUT2D eigenvalue weighted by Gasteiger charge is 2.30. The van der Waals surface area contributed by atoms with Crippen LogP contribution in [0.4, 0.5) is 0 Å². The number of fused-ring (bicyclic) bond motifs is 1. The lowest BCUT2D eigenvalue weighted by atomic mass is 10.0. The van der Waals surface area contributed by atoms with Gasteiger partial charge in [-0.05, 0) is 24.1 Å². The lowest BCUT2D eigenvalue weighted by Crippen LogP contribution is -2.29. The number of ether oxygens (including phenoxy) is 1. The Bertz CT molecular complexity index is 916. The fourth-order valence-corrected chi connectivity index (χ4v) is 3.32. The van der Waals surface area contributed by atoms with E-state index in [1.165, 1.54) is 0 Å². The highest BCUT2D eigenvalue weighted by molar-refractivity contribution is 6.08. The first-order chi connectivity index (χ1) is 12.2. The molecule has 1 N–H and O–H groups in total. The Morgan fingerprint density at radius 3 is 2.72 bits per heavy atom. The molecule has 0 bridgehead atoms. The summed E-state index contributed by atoms with van der Waals surface area (Å²) in [5.74, 6) is 0.797. The summed E-state index contributed by atoms with van der Waals surface area (Å²) >= 11 is 0. The molecule has 1 fully saturated rings. The molecule has 2 heterocycles. The van der Waals surface area contributed by atoms with Gasteiger partial charge >= 0.3 is 0 Å². The van der Waals surface area contributed by atoms with Gasteiger partial charge in [-0.1, -0.05) is 30.3 Å². The molecule has 4 rings (SSSR count). The maximum Gasteiger partial charge on any atom is 0.290 e. The van der Waals surface area contributed by atoms with Gasteiger partial charge in [-0.3, -0.25) is 4.79 Å². The van der Waals surface area contributed by atoms with Crippen LogP contribution in [0.25, 0.3) is 22.1 Å². The zero-order valence-corrected chi connectivity index (χ0v) is 13.9. The van der Waals surface area contributed by atoms with Crippen LogP contribution in [0, 0.1) is 0 Å². The van der Waals surface area contributed by atoms with Crippen molar-refractivity contribution >= 4 is 16.9 Å². The van der Waals surface area contributed by atoms with Crippen LogP contribution >= 0.6 is 0 Å². The molecule has 128 valence electrons. The number of amides is 1. The van der Waals surface area contributed by atoms with Crippen LogP contribution in [-0.4, -0.2) is 42.2 Å². The van der Waals surface area contributed by atoms with Crippen LogP contribution in [0.5, 0.6) is 5.75 Å². The van der Waals surface area contributed by atoms with E-state index in [-0.39, 0.29) is 5.91 Å². The molecule has 5 nitrogen and oxygen atoms in total. The molecule has 1 atom stereocenters. The number of carbonyl (C=O) groups is 1. The number of β-amino-alcohol motifs (C(OH)–C–C–N with tert-alkyl or cyclic N) is 1. The summed E-state index contributed by atoms with van der Waals surface area (Å²) in [5, 5.41) is 10.6.